The molecule has 0 aromatic carbocycles. The number of piperidine rings is 1. The number of nitrogens with one attached hydrogen (secondary N) is 1. The van der Waals surface area contributed by atoms with Crippen LogP contribution in [0.1, 0.15) is 25.2 Å². The lowest BCUT2D eigenvalue weighted by Gasteiger charge is -2.21. The van der Waals surface area contributed by atoms with Crippen molar-refractivity contribution in [3.8, 4) is 11.4 Å². The summed E-state index contributed by atoms with van der Waals surface area (Å²) < 4.78 is 5.31. The molecule has 20 heavy (non-hydrogen) atoms. The van der Waals surface area contributed by atoms with E-state index in [-0.39, 0.29) is 12.4 Å². The highest BCUT2D eigenvalue weighted by molar-refractivity contribution is 5.85. The summed E-state index contributed by atoms with van der Waals surface area (Å²) in [5.74, 6) is 2.15. The van der Waals surface area contributed by atoms with Gasteiger partial charge in [-0.1, -0.05) is 5.16 Å². The normalized spacial score (nSPS) is 15.8. The molecule has 0 saturated carbocycles. The Labute approximate surface area is 124 Å². The average molecular weight is 295 g/mol. The van der Waals surface area contributed by atoms with Crippen LogP contribution in [-0.2, 0) is 6.42 Å². The molecular formula is C14H19ClN4O. The summed E-state index contributed by atoms with van der Waals surface area (Å²) in [5.41, 5.74) is 0.902. The molecule has 1 fully saturated rings. The Morgan fingerprint density at radius 1 is 1.30 bits per heavy atom. The summed E-state index contributed by atoms with van der Waals surface area (Å²) >= 11 is 0. The van der Waals surface area contributed by atoms with Crippen molar-refractivity contribution in [2.24, 2.45) is 5.92 Å². The summed E-state index contributed by atoms with van der Waals surface area (Å²) in [7, 11) is 0. The van der Waals surface area contributed by atoms with Crippen molar-refractivity contribution in [1.29, 1.82) is 0 Å². The molecule has 0 unspecified atom stereocenters. The minimum atomic E-state index is 0. The van der Waals surface area contributed by atoms with Crippen molar-refractivity contribution < 1.29 is 4.52 Å². The molecule has 1 saturated heterocycles. The van der Waals surface area contributed by atoms with Crippen molar-refractivity contribution in [1.82, 2.24) is 20.4 Å². The first-order valence-corrected chi connectivity index (χ1v) is 6.85. The minimum absolute atomic E-state index is 0. The highest BCUT2D eigenvalue weighted by Gasteiger charge is 2.15. The van der Waals surface area contributed by atoms with Crippen LogP contribution in [0.25, 0.3) is 11.4 Å². The Hall–Kier alpha value is -1.46. The summed E-state index contributed by atoms with van der Waals surface area (Å²) in [6.07, 6.45) is 8.00. The molecule has 0 spiro atoms. The Morgan fingerprint density at radius 3 is 2.90 bits per heavy atom. The Kier molecular flexibility index (Phi) is 5.49. The molecule has 0 radical (unpaired) electrons. The van der Waals surface area contributed by atoms with Crippen LogP contribution in [0.5, 0.6) is 0 Å². The Balaban J connectivity index is 0.00000147. The van der Waals surface area contributed by atoms with Crippen LogP contribution >= 0.6 is 12.4 Å². The van der Waals surface area contributed by atoms with E-state index in [0.717, 1.165) is 43.3 Å². The van der Waals surface area contributed by atoms with Gasteiger partial charge in [0.05, 0.1) is 0 Å². The fourth-order valence-corrected chi connectivity index (χ4v) is 2.47. The molecule has 2 aromatic heterocycles. The largest absolute Gasteiger partial charge is 0.339 e. The average Bonchev–Trinajstić information content (AvgIpc) is 2.96. The van der Waals surface area contributed by atoms with E-state index in [0.29, 0.717) is 5.82 Å². The van der Waals surface area contributed by atoms with Gasteiger partial charge in [0.15, 0.2) is 0 Å². The third-order valence-corrected chi connectivity index (χ3v) is 3.61. The second kappa shape index (κ2) is 7.36. The SMILES string of the molecule is Cl.c1cncc(-c2noc(CCC3CCNCC3)n2)c1. The molecule has 0 bridgehead atoms. The Bertz CT molecular complexity index is 511. The summed E-state index contributed by atoms with van der Waals surface area (Å²) in [6.45, 7) is 2.27. The van der Waals surface area contributed by atoms with Crippen LogP contribution in [-0.4, -0.2) is 28.2 Å². The smallest absolute Gasteiger partial charge is 0.226 e. The van der Waals surface area contributed by atoms with Crippen molar-refractivity contribution in [2.45, 2.75) is 25.7 Å². The van der Waals surface area contributed by atoms with E-state index in [1.807, 2.05) is 12.1 Å². The van der Waals surface area contributed by atoms with E-state index >= 15 is 0 Å². The molecule has 5 nitrogen and oxygen atoms in total. The van der Waals surface area contributed by atoms with Crippen LogP contribution in [0.3, 0.4) is 0 Å². The quantitative estimate of drug-likeness (QED) is 0.938. The van der Waals surface area contributed by atoms with Gasteiger partial charge in [-0.3, -0.25) is 4.98 Å². The zero-order chi connectivity index (χ0) is 12.9. The minimum Gasteiger partial charge on any atom is -0.339 e. The summed E-state index contributed by atoms with van der Waals surface area (Å²) in [4.78, 5) is 8.49. The summed E-state index contributed by atoms with van der Waals surface area (Å²) in [6, 6.07) is 3.81. The van der Waals surface area contributed by atoms with Crippen LogP contribution in [0, 0.1) is 5.92 Å². The molecule has 1 aliphatic heterocycles. The van der Waals surface area contributed by atoms with Crippen LogP contribution in [0.15, 0.2) is 29.0 Å². The van der Waals surface area contributed by atoms with E-state index in [2.05, 4.69) is 20.4 Å². The molecule has 1 N–H and O–H groups in total. The van der Waals surface area contributed by atoms with E-state index in [1.165, 1.54) is 12.8 Å². The van der Waals surface area contributed by atoms with Gasteiger partial charge in [-0.25, -0.2) is 0 Å². The third kappa shape index (κ3) is 3.77. The Morgan fingerprint density at radius 2 is 2.15 bits per heavy atom. The van der Waals surface area contributed by atoms with Gasteiger partial charge >= 0.3 is 0 Å². The number of hydrogen-bond donors (Lipinski definition) is 1. The number of halogens is 1. The zero-order valence-electron chi connectivity index (χ0n) is 11.3. The topological polar surface area (TPSA) is 63.8 Å². The fourth-order valence-electron chi connectivity index (χ4n) is 2.47. The van der Waals surface area contributed by atoms with Gasteiger partial charge in [0.2, 0.25) is 11.7 Å². The van der Waals surface area contributed by atoms with Gasteiger partial charge in [-0.05, 0) is 50.4 Å². The second-order valence-corrected chi connectivity index (χ2v) is 4.99. The first-order chi connectivity index (χ1) is 9.42. The molecular weight excluding hydrogens is 276 g/mol. The van der Waals surface area contributed by atoms with Gasteiger partial charge in [-0.2, -0.15) is 4.98 Å². The maximum Gasteiger partial charge on any atom is 0.226 e. The summed E-state index contributed by atoms with van der Waals surface area (Å²) in [5, 5.41) is 7.39. The molecule has 3 rings (SSSR count). The molecule has 6 heteroatoms. The van der Waals surface area contributed by atoms with E-state index < -0.39 is 0 Å². The number of rotatable bonds is 4. The number of aromatic nitrogens is 3. The molecule has 1 aliphatic rings. The van der Waals surface area contributed by atoms with Gasteiger partial charge in [0.1, 0.15) is 0 Å². The standard InChI is InChI=1S/C14H18N4O.ClH/c1-2-12(10-16-7-1)14-17-13(19-18-14)4-3-11-5-8-15-9-6-11;/h1-2,7,10-11,15H,3-6,8-9H2;1H. The predicted octanol–water partition coefficient (Wildman–Crippen LogP) is 2.49. The molecule has 0 amide bonds. The van der Waals surface area contributed by atoms with Gasteiger partial charge in [-0.15, -0.1) is 12.4 Å². The lowest BCUT2D eigenvalue weighted by Crippen LogP contribution is -2.27. The van der Waals surface area contributed by atoms with Crippen LogP contribution < -0.4 is 5.32 Å². The maximum atomic E-state index is 5.31. The van der Waals surface area contributed by atoms with Crippen molar-refractivity contribution in [2.75, 3.05) is 13.1 Å². The second-order valence-electron chi connectivity index (χ2n) is 4.99. The highest BCUT2D eigenvalue weighted by atomic mass is 35.5. The van der Waals surface area contributed by atoms with Gasteiger partial charge in [0.25, 0.3) is 0 Å². The number of hydrogen-bond acceptors (Lipinski definition) is 5. The van der Waals surface area contributed by atoms with Crippen molar-refractivity contribution >= 4 is 12.4 Å². The van der Waals surface area contributed by atoms with Crippen molar-refractivity contribution in [3.05, 3.63) is 30.4 Å². The lowest BCUT2D eigenvalue weighted by atomic mass is 9.93. The predicted molar refractivity (Wildman–Crippen MR) is 78.7 cm³/mol. The van der Waals surface area contributed by atoms with Crippen molar-refractivity contribution in [3.63, 3.8) is 0 Å². The molecule has 0 aliphatic carbocycles. The van der Waals surface area contributed by atoms with E-state index in [9.17, 15) is 0 Å². The van der Waals surface area contributed by atoms with Crippen LogP contribution in [0.2, 0.25) is 0 Å². The number of aryl methyl sites for hydroxylation is 1. The first-order valence-electron chi connectivity index (χ1n) is 6.85. The molecule has 108 valence electrons. The van der Waals surface area contributed by atoms with Gasteiger partial charge in [0, 0.05) is 24.4 Å². The van der Waals surface area contributed by atoms with Gasteiger partial charge < -0.3 is 9.84 Å². The third-order valence-electron chi connectivity index (χ3n) is 3.61. The fraction of sp³-hybridized carbons (Fsp3) is 0.500. The lowest BCUT2D eigenvalue weighted by molar-refractivity contribution is 0.324. The highest BCUT2D eigenvalue weighted by Crippen LogP contribution is 2.19. The van der Waals surface area contributed by atoms with E-state index in [4.69, 9.17) is 4.52 Å². The zero-order valence-corrected chi connectivity index (χ0v) is 12.1. The molecule has 0 atom stereocenters. The number of pyridine rings is 1. The van der Waals surface area contributed by atoms with Crippen LogP contribution in [0.4, 0.5) is 0 Å². The first kappa shape index (κ1) is 14.9. The maximum absolute atomic E-state index is 5.31. The monoisotopic (exact) mass is 294 g/mol. The molecule has 2 aromatic rings. The van der Waals surface area contributed by atoms with E-state index in [1.54, 1.807) is 12.4 Å². The molecule has 3 heterocycles. The number of nitrogens with zero attached hydrogens (tertiary/aromatic N) is 3.